The summed E-state index contributed by atoms with van der Waals surface area (Å²) in [4.78, 5) is 13.4. The average Bonchev–Trinajstić information content (AvgIpc) is 1.89. The third-order valence-corrected chi connectivity index (χ3v) is 0.782. The molecule has 4 heteroatoms. The molecule has 0 aromatic rings. The largest absolute Gasteiger partial charge is 0.349 e. The Labute approximate surface area is 59.3 Å². The molecule has 52 valence electrons. The normalized spacial score (nSPS) is 7.40. The molecule has 0 aliphatic heterocycles. The lowest BCUT2D eigenvalue weighted by atomic mass is 10.4. The minimum atomic E-state index is -0.315. The van der Waals surface area contributed by atoms with E-state index in [1.54, 1.807) is 0 Å². The van der Waals surface area contributed by atoms with Crippen LogP contribution in [-0.4, -0.2) is 19.0 Å². The molecule has 1 N–H and O–H groups in total. The summed E-state index contributed by atoms with van der Waals surface area (Å²) in [6, 6.07) is 1.87. The monoisotopic (exact) mass is 137 g/mol. The van der Waals surface area contributed by atoms with Crippen molar-refractivity contribution in [2.75, 3.05) is 13.1 Å². The SMILES string of the molecule is [C-]#[N+]CC(=O)NCCC#N. The van der Waals surface area contributed by atoms with Crippen LogP contribution in [0.5, 0.6) is 0 Å². The first-order valence-corrected chi connectivity index (χ1v) is 2.78. The van der Waals surface area contributed by atoms with Crippen LogP contribution in [0, 0.1) is 17.9 Å². The molecule has 0 aromatic heterocycles. The van der Waals surface area contributed by atoms with E-state index in [0.29, 0.717) is 13.0 Å². The Balaban J connectivity index is 3.26. The number of nitrogens with zero attached hydrogens (tertiary/aromatic N) is 2. The molecule has 0 atom stereocenters. The first-order valence-electron chi connectivity index (χ1n) is 2.78. The fourth-order valence-corrected chi connectivity index (χ4v) is 0.386. The van der Waals surface area contributed by atoms with Crippen LogP contribution >= 0.6 is 0 Å². The fraction of sp³-hybridized carbons (Fsp3) is 0.500. The third-order valence-electron chi connectivity index (χ3n) is 0.782. The number of carbonyl (C=O) groups is 1. The van der Waals surface area contributed by atoms with Gasteiger partial charge in [0.1, 0.15) is 0 Å². The molecule has 0 bridgehead atoms. The molecule has 0 fully saturated rings. The highest BCUT2D eigenvalue weighted by molar-refractivity contribution is 5.79. The van der Waals surface area contributed by atoms with Gasteiger partial charge >= 0.3 is 0 Å². The summed E-state index contributed by atoms with van der Waals surface area (Å²) < 4.78 is 0. The van der Waals surface area contributed by atoms with Gasteiger partial charge in [-0.15, -0.1) is 0 Å². The van der Waals surface area contributed by atoms with Crippen LogP contribution < -0.4 is 5.32 Å². The molecule has 4 nitrogen and oxygen atoms in total. The Morgan fingerprint density at radius 1 is 1.80 bits per heavy atom. The van der Waals surface area contributed by atoms with E-state index in [1.807, 2.05) is 6.07 Å². The molecule has 10 heavy (non-hydrogen) atoms. The summed E-state index contributed by atoms with van der Waals surface area (Å²) in [5.74, 6) is -0.315. The third kappa shape index (κ3) is 4.61. The second kappa shape index (κ2) is 5.58. The van der Waals surface area contributed by atoms with E-state index in [0.717, 1.165) is 0 Å². The number of nitrogens with one attached hydrogen (secondary N) is 1. The van der Waals surface area contributed by atoms with E-state index in [2.05, 4.69) is 10.2 Å². The van der Waals surface area contributed by atoms with Crippen LogP contribution in [0.2, 0.25) is 0 Å². The van der Waals surface area contributed by atoms with Crippen molar-refractivity contribution in [1.82, 2.24) is 5.32 Å². The molecule has 0 saturated carbocycles. The van der Waals surface area contributed by atoms with Gasteiger partial charge in [-0.3, -0.25) is 4.79 Å². The first-order chi connectivity index (χ1) is 4.81. The van der Waals surface area contributed by atoms with E-state index in [-0.39, 0.29) is 12.5 Å². The van der Waals surface area contributed by atoms with Crippen LogP contribution in [0.25, 0.3) is 4.85 Å². The predicted octanol–water partition coefficient (Wildman–Crippen LogP) is -0.0644. The molecule has 0 radical (unpaired) electrons. The second-order valence-electron chi connectivity index (χ2n) is 1.57. The van der Waals surface area contributed by atoms with Gasteiger partial charge in [0, 0.05) is 6.54 Å². The van der Waals surface area contributed by atoms with Gasteiger partial charge in [0.05, 0.1) is 12.5 Å². The van der Waals surface area contributed by atoms with Crippen molar-refractivity contribution in [2.24, 2.45) is 0 Å². The van der Waals surface area contributed by atoms with Crippen molar-refractivity contribution in [1.29, 1.82) is 5.26 Å². The highest BCUT2D eigenvalue weighted by atomic mass is 16.1. The van der Waals surface area contributed by atoms with Crippen molar-refractivity contribution >= 4 is 5.91 Å². The van der Waals surface area contributed by atoms with Crippen molar-refractivity contribution < 1.29 is 4.79 Å². The first kappa shape index (κ1) is 8.45. The van der Waals surface area contributed by atoms with Crippen molar-refractivity contribution in [2.45, 2.75) is 6.42 Å². The van der Waals surface area contributed by atoms with Crippen LogP contribution in [0.1, 0.15) is 6.42 Å². The van der Waals surface area contributed by atoms with Crippen LogP contribution in [0.15, 0.2) is 0 Å². The zero-order valence-electron chi connectivity index (χ0n) is 5.42. The van der Waals surface area contributed by atoms with Gasteiger partial charge in [-0.1, -0.05) is 0 Å². The minimum Gasteiger partial charge on any atom is -0.349 e. The molecule has 0 rings (SSSR count). The van der Waals surface area contributed by atoms with Crippen LogP contribution in [-0.2, 0) is 4.79 Å². The van der Waals surface area contributed by atoms with E-state index in [1.165, 1.54) is 0 Å². The molecular weight excluding hydrogens is 130 g/mol. The molecule has 0 unspecified atom stereocenters. The van der Waals surface area contributed by atoms with E-state index >= 15 is 0 Å². The van der Waals surface area contributed by atoms with Gasteiger partial charge < -0.3 is 10.2 Å². The molecule has 0 heterocycles. The highest BCUT2D eigenvalue weighted by Gasteiger charge is 1.99. The maximum Gasteiger partial charge on any atom is 0.300 e. The molecule has 0 aliphatic carbocycles. The Hall–Kier alpha value is -1.55. The zero-order valence-corrected chi connectivity index (χ0v) is 5.42. The molecule has 0 saturated heterocycles. The minimum absolute atomic E-state index is 0.147. The van der Waals surface area contributed by atoms with E-state index < -0.39 is 0 Å². The quantitative estimate of drug-likeness (QED) is 0.437. The summed E-state index contributed by atoms with van der Waals surface area (Å²) in [5.41, 5.74) is 0. The van der Waals surface area contributed by atoms with Gasteiger partial charge in [0.15, 0.2) is 0 Å². The Morgan fingerprint density at radius 3 is 3.00 bits per heavy atom. The lowest BCUT2D eigenvalue weighted by molar-refractivity contribution is -0.119. The lowest BCUT2D eigenvalue weighted by Crippen LogP contribution is -2.25. The van der Waals surface area contributed by atoms with Crippen LogP contribution in [0.3, 0.4) is 0 Å². The summed E-state index contributed by atoms with van der Waals surface area (Å²) in [6.45, 7) is 6.50. The maximum atomic E-state index is 10.5. The predicted molar refractivity (Wildman–Crippen MR) is 34.7 cm³/mol. The topological polar surface area (TPSA) is 57.2 Å². The zero-order chi connectivity index (χ0) is 7.82. The average molecular weight is 137 g/mol. The van der Waals surface area contributed by atoms with Crippen molar-refractivity contribution in [3.05, 3.63) is 11.4 Å². The van der Waals surface area contributed by atoms with Gasteiger partial charge in [-0.2, -0.15) is 5.26 Å². The van der Waals surface area contributed by atoms with Gasteiger partial charge in [-0.05, 0) is 0 Å². The number of carbonyl (C=O) groups excluding carboxylic acids is 1. The second-order valence-corrected chi connectivity index (χ2v) is 1.57. The number of hydrogen-bond acceptors (Lipinski definition) is 2. The molecular formula is C6H7N3O. The summed E-state index contributed by atoms with van der Waals surface area (Å²) in [6.07, 6.45) is 0.295. The standard InChI is InChI=1S/C6H7N3O/c1-8-5-6(10)9-4-2-3-7/h2,4-5H2,(H,9,10). The Kier molecular flexibility index (Phi) is 4.72. The number of rotatable bonds is 3. The van der Waals surface area contributed by atoms with Crippen LogP contribution in [0.4, 0.5) is 0 Å². The van der Waals surface area contributed by atoms with Gasteiger partial charge in [-0.25, -0.2) is 6.57 Å². The Bertz CT molecular complexity index is 186. The molecule has 0 spiro atoms. The summed E-state index contributed by atoms with van der Waals surface area (Å²) in [5, 5.41) is 10.5. The van der Waals surface area contributed by atoms with Gasteiger partial charge in [0.2, 0.25) is 0 Å². The number of hydrogen-bond donors (Lipinski definition) is 1. The number of amides is 1. The maximum absolute atomic E-state index is 10.5. The smallest absolute Gasteiger partial charge is 0.300 e. The molecule has 1 amide bonds. The summed E-state index contributed by atoms with van der Waals surface area (Å²) in [7, 11) is 0. The fourth-order valence-electron chi connectivity index (χ4n) is 0.386. The Morgan fingerprint density at radius 2 is 2.50 bits per heavy atom. The molecule has 0 aliphatic rings. The summed E-state index contributed by atoms with van der Waals surface area (Å²) >= 11 is 0. The number of nitriles is 1. The highest BCUT2D eigenvalue weighted by Crippen LogP contribution is 1.72. The van der Waals surface area contributed by atoms with E-state index in [4.69, 9.17) is 11.8 Å². The van der Waals surface area contributed by atoms with Crippen molar-refractivity contribution in [3.8, 4) is 6.07 Å². The van der Waals surface area contributed by atoms with E-state index in [9.17, 15) is 4.79 Å². The van der Waals surface area contributed by atoms with Crippen molar-refractivity contribution in [3.63, 3.8) is 0 Å². The lowest BCUT2D eigenvalue weighted by Gasteiger charge is -1.93. The molecule has 0 aromatic carbocycles. The van der Waals surface area contributed by atoms with Gasteiger partial charge in [0.25, 0.3) is 12.5 Å².